The molecule has 0 spiro atoms. The molecule has 2 N–H and O–H groups in total. The number of hydrogen-bond donors (Lipinski definition) is 2. The number of halogens is 3. The van der Waals surface area contributed by atoms with Gasteiger partial charge in [0.25, 0.3) is 5.91 Å². The Kier molecular flexibility index (Phi) is 4.06. The van der Waals surface area contributed by atoms with Crippen LogP contribution in [0.2, 0.25) is 0 Å². The Bertz CT molecular complexity index is 644. The fraction of sp³-hybridized carbons (Fsp3) is 0.154. The molecule has 1 aromatic heterocycles. The van der Waals surface area contributed by atoms with E-state index in [9.17, 15) is 18.0 Å². The summed E-state index contributed by atoms with van der Waals surface area (Å²) in [5.74, 6) is -0.548. The largest absolute Gasteiger partial charge is 0.418 e. The van der Waals surface area contributed by atoms with Gasteiger partial charge in [-0.3, -0.25) is 9.78 Å². The molecule has 2 aromatic rings. The molecule has 0 atom stereocenters. The minimum absolute atomic E-state index is 0.127. The monoisotopic (exact) mass is 296 g/mol. The van der Waals surface area contributed by atoms with E-state index in [4.69, 9.17) is 0 Å². The molecule has 0 aliphatic carbocycles. The molecule has 110 valence electrons. The molecule has 1 amide bonds. The van der Waals surface area contributed by atoms with Crippen LogP contribution in [-0.2, 0) is 6.18 Å². The van der Waals surface area contributed by atoms with E-state index in [-0.39, 0.29) is 17.1 Å². The lowest BCUT2D eigenvalue weighted by Crippen LogP contribution is -2.18. The highest BCUT2D eigenvalue weighted by Crippen LogP contribution is 2.36. The van der Waals surface area contributed by atoms with E-state index in [0.717, 1.165) is 6.07 Å². The topological polar surface area (TPSA) is 66.9 Å². The first-order chi connectivity index (χ1) is 9.93. The fourth-order valence-corrected chi connectivity index (χ4v) is 1.79. The molecule has 1 aromatic carbocycles. The second-order valence-corrected chi connectivity index (χ2v) is 4.02. The zero-order valence-corrected chi connectivity index (χ0v) is 10.9. The Morgan fingerprint density at radius 1 is 1.24 bits per heavy atom. The summed E-state index contributed by atoms with van der Waals surface area (Å²) in [5, 5.41) is 4.81. The Hall–Kier alpha value is -2.64. The molecular weight excluding hydrogens is 285 g/mol. The molecule has 2 rings (SSSR count). The van der Waals surface area contributed by atoms with Crippen molar-refractivity contribution < 1.29 is 18.0 Å². The van der Waals surface area contributed by atoms with Crippen molar-refractivity contribution in [2.75, 3.05) is 17.7 Å². The molecule has 8 heteroatoms. The number of alkyl halides is 3. The van der Waals surface area contributed by atoms with Crippen LogP contribution in [0.1, 0.15) is 15.9 Å². The highest BCUT2D eigenvalue weighted by molar-refractivity contribution is 6.08. The van der Waals surface area contributed by atoms with Crippen LogP contribution in [0.5, 0.6) is 0 Å². The molecule has 0 aliphatic heterocycles. The summed E-state index contributed by atoms with van der Waals surface area (Å²) in [5.41, 5.74) is -1.32. The van der Waals surface area contributed by atoms with Crippen LogP contribution in [-0.4, -0.2) is 22.9 Å². The first-order valence-corrected chi connectivity index (χ1v) is 5.89. The average Bonchev–Trinajstić information content (AvgIpc) is 2.46. The Balaban J connectivity index is 2.38. The van der Waals surface area contributed by atoms with Gasteiger partial charge in [-0.15, -0.1) is 0 Å². The molecule has 0 fully saturated rings. The lowest BCUT2D eigenvalue weighted by molar-refractivity contribution is -0.136. The maximum Gasteiger partial charge on any atom is 0.418 e. The van der Waals surface area contributed by atoms with Crippen LogP contribution in [0.3, 0.4) is 0 Å². The third-order valence-electron chi connectivity index (χ3n) is 2.67. The standard InChI is InChI=1S/C13H11F3N4O/c1-17-11-8(3-2-4-9(11)13(14,15)16)12(21)20-10-7-18-5-6-19-10/h2-7,17H,1H3,(H,19,20,21). The van der Waals surface area contributed by atoms with Gasteiger partial charge in [0.2, 0.25) is 0 Å². The highest BCUT2D eigenvalue weighted by atomic mass is 19.4. The van der Waals surface area contributed by atoms with E-state index in [1.807, 2.05) is 0 Å². The minimum Gasteiger partial charge on any atom is -0.387 e. The summed E-state index contributed by atoms with van der Waals surface area (Å²) in [7, 11) is 1.32. The van der Waals surface area contributed by atoms with Crippen molar-refractivity contribution in [1.29, 1.82) is 0 Å². The summed E-state index contributed by atoms with van der Waals surface area (Å²) < 4.78 is 38.7. The number of aromatic nitrogens is 2. The molecule has 0 saturated carbocycles. The van der Waals surface area contributed by atoms with E-state index in [0.29, 0.717) is 0 Å². The molecule has 0 unspecified atom stereocenters. The van der Waals surface area contributed by atoms with Gasteiger partial charge in [0, 0.05) is 19.4 Å². The average molecular weight is 296 g/mol. The van der Waals surface area contributed by atoms with Gasteiger partial charge in [-0.2, -0.15) is 13.2 Å². The first kappa shape index (κ1) is 14.8. The normalized spacial score (nSPS) is 11.0. The smallest absolute Gasteiger partial charge is 0.387 e. The number of rotatable bonds is 3. The predicted molar refractivity (Wildman–Crippen MR) is 71.0 cm³/mol. The molecule has 21 heavy (non-hydrogen) atoms. The van der Waals surface area contributed by atoms with Gasteiger partial charge in [-0.05, 0) is 12.1 Å². The summed E-state index contributed by atoms with van der Waals surface area (Å²) in [6.45, 7) is 0. The quantitative estimate of drug-likeness (QED) is 0.914. The number of carbonyl (C=O) groups is 1. The van der Waals surface area contributed by atoms with E-state index in [1.54, 1.807) is 0 Å². The van der Waals surface area contributed by atoms with Crippen LogP contribution in [0.4, 0.5) is 24.7 Å². The van der Waals surface area contributed by atoms with Crippen LogP contribution < -0.4 is 10.6 Å². The number of amides is 1. The van der Waals surface area contributed by atoms with Crippen molar-refractivity contribution in [3.8, 4) is 0 Å². The lowest BCUT2D eigenvalue weighted by atomic mass is 10.1. The second-order valence-electron chi connectivity index (χ2n) is 4.02. The number of benzene rings is 1. The van der Waals surface area contributed by atoms with Crippen molar-refractivity contribution in [2.45, 2.75) is 6.18 Å². The second kappa shape index (κ2) is 5.78. The van der Waals surface area contributed by atoms with E-state index in [2.05, 4.69) is 20.6 Å². The number of para-hydroxylation sites is 1. The van der Waals surface area contributed by atoms with Crippen LogP contribution in [0.25, 0.3) is 0 Å². The van der Waals surface area contributed by atoms with Gasteiger partial charge in [-0.1, -0.05) is 6.07 Å². The third kappa shape index (κ3) is 3.28. The zero-order valence-electron chi connectivity index (χ0n) is 10.9. The third-order valence-corrected chi connectivity index (χ3v) is 2.67. The van der Waals surface area contributed by atoms with Crippen molar-refractivity contribution in [1.82, 2.24) is 9.97 Å². The minimum atomic E-state index is -4.55. The molecule has 5 nitrogen and oxygen atoms in total. The van der Waals surface area contributed by atoms with Gasteiger partial charge in [0.05, 0.1) is 23.0 Å². The zero-order chi connectivity index (χ0) is 15.5. The summed E-state index contributed by atoms with van der Waals surface area (Å²) >= 11 is 0. The number of nitrogens with zero attached hydrogens (tertiary/aromatic N) is 2. The summed E-state index contributed by atoms with van der Waals surface area (Å²) in [4.78, 5) is 19.7. The Morgan fingerprint density at radius 2 is 2.00 bits per heavy atom. The summed E-state index contributed by atoms with van der Waals surface area (Å²) in [6, 6.07) is 3.38. The SMILES string of the molecule is CNc1c(C(=O)Nc2cnccn2)cccc1C(F)(F)F. The Labute approximate surface area is 118 Å². The van der Waals surface area contributed by atoms with Crippen molar-refractivity contribution >= 4 is 17.4 Å². The van der Waals surface area contributed by atoms with Gasteiger partial charge < -0.3 is 10.6 Å². The molecule has 0 radical (unpaired) electrons. The van der Waals surface area contributed by atoms with Crippen molar-refractivity contribution in [3.63, 3.8) is 0 Å². The number of anilines is 2. The highest BCUT2D eigenvalue weighted by Gasteiger charge is 2.35. The van der Waals surface area contributed by atoms with Crippen LogP contribution in [0, 0.1) is 0 Å². The molecule has 1 heterocycles. The maximum atomic E-state index is 12.9. The maximum absolute atomic E-state index is 12.9. The van der Waals surface area contributed by atoms with Gasteiger partial charge in [-0.25, -0.2) is 4.98 Å². The number of carbonyl (C=O) groups excluding carboxylic acids is 1. The van der Waals surface area contributed by atoms with E-state index in [1.165, 1.54) is 37.8 Å². The van der Waals surface area contributed by atoms with Gasteiger partial charge >= 0.3 is 6.18 Å². The van der Waals surface area contributed by atoms with Gasteiger partial charge in [0.1, 0.15) is 0 Å². The first-order valence-electron chi connectivity index (χ1n) is 5.89. The van der Waals surface area contributed by atoms with Gasteiger partial charge in [0.15, 0.2) is 5.82 Å². The predicted octanol–water partition coefficient (Wildman–Crippen LogP) is 2.79. The fourth-order valence-electron chi connectivity index (χ4n) is 1.79. The number of hydrogen-bond acceptors (Lipinski definition) is 4. The molecular formula is C13H11F3N4O. The van der Waals surface area contributed by atoms with E-state index < -0.39 is 17.6 Å². The Morgan fingerprint density at radius 3 is 2.57 bits per heavy atom. The molecule has 0 saturated heterocycles. The van der Waals surface area contributed by atoms with Crippen molar-refractivity contribution in [3.05, 3.63) is 47.9 Å². The lowest BCUT2D eigenvalue weighted by Gasteiger charge is -2.16. The summed E-state index contributed by atoms with van der Waals surface area (Å²) in [6.07, 6.45) is -0.481. The van der Waals surface area contributed by atoms with Crippen molar-refractivity contribution in [2.24, 2.45) is 0 Å². The van der Waals surface area contributed by atoms with Crippen LogP contribution in [0.15, 0.2) is 36.8 Å². The molecule has 0 aliphatic rings. The van der Waals surface area contributed by atoms with Crippen LogP contribution >= 0.6 is 0 Å². The van der Waals surface area contributed by atoms with E-state index >= 15 is 0 Å². The number of nitrogens with one attached hydrogen (secondary N) is 2. The molecule has 0 bridgehead atoms.